The third-order valence-electron chi connectivity index (χ3n) is 8.78. The van der Waals surface area contributed by atoms with Crippen molar-refractivity contribution >= 4 is 132 Å². The molecule has 0 saturated heterocycles. The topological polar surface area (TPSA) is 172 Å². The van der Waals surface area contributed by atoms with E-state index in [0.717, 1.165) is 63.3 Å². The first-order valence-electron chi connectivity index (χ1n) is 18.2. The van der Waals surface area contributed by atoms with Gasteiger partial charge in [-0.25, -0.2) is 39.9 Å². The van der Waals surface area contributed by atoms with Gasteiger partial charge in [0, 0.05) is 51.0 Å². The lowest BCUT2D eigenvalue weighted by Crippen LogP contribution is -2.09. The molecule has 10 aromatic heterocycles. The van der Waals surface area contributed by atoms with Gasteiger partial charge in [0.2, 0.25) is 0 Å². The average molecular weight is 916 g/mol. The highest BCUT2D eigenvalue weighted by molar-refractivity contribution is 7.22. The summed E-state index contributed by atoms with van der Waals surface area (Å²) in [7, 11) is 7.91. The van der Waals surface area contributed by atoms with Crippen molar-refractivity contribution in [1.29, 1.82) is 0 Å². The molecule has 308 valence electrons. The lowest BCUT2D eigenvalue weighted by molar-refractivity contribution is 0.955. The molecule has 0 aliphatic rings. The van der Waals surface area contributed by atoms with Crippen LogP contribution in [0.25, 0.3) is 51.7 Å². The molecule has 0 aromatic carbocycles. The fourth-order valence-electron chi connectivity index (χ4n) is 5.84. The summed E-state index contributed by atoms with van der Waals surface area (Å²) >= 11 is 17.5. The maximum Gasteiger partial charge on any atom is 0.196 e. The summed E-state index contributed by atoms with van der Waals surface area (Å²) in [5.41, 5.74) is 19.3. The van der Waals surface area contributed by atoms with Gasteiger partial charge in [0.1, 0.15) is 63.3 Å². The Hall–Kier alpha value is -5.50. The zero-order valence-corrected chi connectivity index (χ0v) is 38.6. The van der Waals surface area contributed by atoms with Crippen molar-refractivity contribution in [3.8, 4) is 10.3 Å². The van der Waals surface area contributed by atoms with E-state index in [2.05, 4.69) is 101 Å². The van der Waals surface area contributed by atoms with Crippen LogP contribution in [0.3, 0.4) is 0 Å². The van der Waals surface area contributed by atoms with Gasteiger partial charge in [0.25, 0.3) is 0 Å². The summed E-state index contributed by atoms with van der Waals surface area (Å²) in [6.07, 6.45) is 0. The van der Waals surface area contributed by atoms with Crippen LogP contribution >= 0.6 is 68.5 Å². The maximum absolute atomic E-state index is 5.88. The Morgan fingerprint density at radius 3 is 1.12 bits per heavy atom. The Morgan fingerprint density at radius 2 is 0.733 bits per heavy atom. The van der Waals surface area contributed by atoms with E-state index in [1.807, 2.05) is 68.3 Å². The van der Waals surface area contributed by atoms with Crippen molar-refractivity contribution in [1.82, 2.24) is 49.0 Å². The molecule has 0 atom stereocenters. The number of hydrogen-bond acceptors (Lipinski definition) is 16. The number of thiazole rings is 4. The second-order valence-corrected chi connectivity index (χ2v) is 18.4. The number of nitrogen functional groups attached to an aromatic ring is 2. The second-order valence-electron chi connectivity index (χ2n) is 13.7. The second kappa shape index (κ2) is 18.0. The highest BCUT2D eigenvalue weighted by Crippen LogP contribution is 2.29. The van der Waals surface area contributed by atoms with Crippen LogP contribution in [0.4, 0.5) is 21.9 Å². The molecule has 0 aliphatic heterocycles. The van der Waals surface area contributed by atoms with E-state index in [4.69, 9.17) is 34.7 Å². The van der Waals surface area contributed by atoms with Crippen molar-refractivity contribution in [3.05, 3.63) is 106 Å². The quantitative estimate of drug-likeness (QED) is 0.160. The predicted molar refractivity (Wildman–Crippen MR) is 255 cm³/mol. The summed E-state index contributed by atoms with van der Waals surface area (Å²) in [6.45, 7) is 8.33. The number of aryl methyl sites for hydroxylation is 4. The lowest BCUT2D eigenvalue weighted by atomic mass is 10.4. The molecule has 0 spiro atoms. The van der Waals surface area contributed by atoms with Crippen LogP contribution in [-0.4, -0.2) is 77.2 Å². The monoisotopic (exact) mass is 914 g/mol. The maximum atomic E-state index is 5.88. The Balaban J connectivity index is 0.000000123. The minimum atomic E-state index is 0.473. The summed E-state index contributed by atoms with van der Waals surface area (Å²) < 4.78 is 4.29. The number of pyridine rings is 4. The summed E-state index contributed by atoms with van der Waals surface area (Å²) in [4.78, 5) is 42.2. The predicted octanol–water partition coefficient (Wildman–Crippen LogP) is 10.2. The van der Waals surface area contributed by atoms with Gasteiger partial charge in [-0.2, -0.15) is 0 Å². The van der Waals surface area contributed by atoms with Gasteiger partial charge in [0.15, 0.2) is 20.5 Å². The summed E-state index contributed by atoms with van der Waals surface area (Å²) in [5, 5.41) is 4.00. The van der Waals surface area contributed by atoms with Crippen molar-refractivity contribution in [3.63, 3.8) is 0 Å². The zero-order chi connectivity index (χ0) is 42.8. The fourth-order valence-corrected chi connectivity index (χ4v) is 9.76. The fraction of sp³-hybridized carbons (Fsp3) is 0.200. The number of nitrogens with zero attached hydrogens (tertiary/aromatic N) is 12. The molecule has 10 rings (SSSR count). The molecule has 10 heterocycles. The molecule has 0 unspecified atom stereocenters. The average Bonchev–Trinajstić information content (AvgIpc) is 4.06. The van der Waals surface area contributed by atoms with Gasteiger partial charge in [0.05, 0.1) is 0 Å². The van der Waals surface area contributed by atoms with Crippen LogP contribution in [0.5, 0.6) is 0 Å². The number of hydrogen-bond donors (Lipinski definition) is 2. The van der Waals surface area contributed by atoms with Gasteiger partial charge in [-0.15, -0.1) is 0 Å². The first-order valence-corrected chi connectivity index (χ1v) is 22.2. The van der Waals surface area contributed by atoms with Crippen LogP contribution in [0, 0.1) is 27.7 Å². The Morgan fingerprint density at radius 1 is 0.417 bits per heavy atom. The largest absolute Gasteiger partial charge is 0.375 e. The number of halogens is 2. The molecule has 20 heteroatoms. The van der Waals surface area contributed by atoms with E-state index < -0.39 is 0 Å². The van der Waals surface area contributed by atoms with Crippen LogP contribution in [-0.2, 0) is 0 Å². The van der Waals surface area contributed by atoms with Crippen LogP contribution in [0.2, 0.25) is 10.3 Å². The van der Waals surface area contributed by atoms with E-state index >= 15 is 0 Å². The third-order valence-corrected chi connectivity index (χ3v) is 12.7. The summed E-state index contributed by atoms with van der Waals surface area (Å²) in [6, 6.07) is 23.5. The number of fused-ring (bicyclic) bond motifs is 4. The Labute approximate surface area is 371 Å². The zero-order valence-electron chi connectivity index (χ0n) is 33.8. The van der Waals surface area contributed by atoms with Crippen molar-refractivity contribution < 1.29 is 0 Å². The minimum Gasteiger partial charge on any atom is -0.375 e. The van der Waals surface area contributed by atoms with Crippen LogP contribution in [0.15, 0.2) is 72.8 Å². The minimum absolute atomic E-state index is 0.473. The van der Waals surface area contributed by atoms with E-state index in [9.17, 15) is 0 Å². The van der Waals surface area contributed by atoms with Crippen LogP contribution in [0.1, 0.15) is 22.8 Å². The standard InChI is InChI=1S/C14H16N4S.C12H10ClN3S.C8H10N4S.C6H4ClN3S/c1-9-5-6-10(2)18(9)14-15-11-7-8-12(17(3)4)16-13(11)19-14;1-7-3-4-8(2)16(7)12-14-9-5-6-10(13)15-11(9)17-12;1-12(2)6-4-3-5-7(11-6)13-8(9)10-5;7-4-2-1-3-5(10-4)11-6(8)9-3/h5-8H,1-4H3;3-6H,1-2H3;3-4H,1-2H3,(H2,9,10);1-2H,(H2,8,9). The van der Waals surface area contributed by atoms with Gasteiger partial charge >= 0.3 is 0 Å². The van der Waals surface area contributed by atoms with E-state index in [1.165, 1.54) is 45.4 Å². The molecule has 0 radical (unpaired) electrons. The first kappa shape index (κ1) is 42.6. The van der Waals surface area contributed by atoms with Crippen molar-refractivity contribution in [2.75, 3.05) is 49.5 Å². The molecule has 0 saturated carbocycles. The molecule has 10 aromatic rings. The van der Waals surface area contributed by atoms with Crippen molar-refractivity contribution in [2.45, 2.75) is 27.7 Å². The first-order chi connectivity index (χ1) is 28.6. The molecule has 4 N–H and O–H groups in total. The smallest absolute Gasteiger partial charge is 0.196 e. The number of anilines is 4. The van der Waals surface area contributed by atoms with Gasteiger partial charge in [-0.05, 0) is 100 Å². The van der Waals surface area contributed by atoms with Gasteiger partial charge < -0.3 is 21.3 Å². The molecule has 0 aliphatic carbocycles. The van der Waals surface area contributed by atoms with Crippen molar-refractivity contribution in [2.24, 2.45) is 0 Å². The number of nitrogens with two attached hydrogens (primary N) is 2. The van der Waals surface area contributed by atoms with E-state index in [0.29, 0.717) is 20.6 Å². The number of rotatable bonds is 4. The Kier molecular flexibility index (Phi) is 12.8. The molecule has 0 bridgehead atoms. The van der Waals surface area contributed by atoms with Gasteiger partial charge in [-0.3, -0.25) is 9.13 Å². The van der Waals surface area contributed by atoms with E-state index in [1.54, 1.807) is 40.9 Å². The molecular formula is C40H40Cl2N14S4. The highest BCUT2D eigenvalue weighted by atomic mass is 35.5. The highest BCUT2D eigenvalue weighted by Gasteiger charge is 2.13. The number of aromatic nitrogens is 10. The third kappa shape index (κ3) is 9.59. The van der Waals surface area contributed by atoms with Crippen LogP contribution < -0.4 is 21.3 Å². The lowest BCUT2D eigenvalue weighted by Gasteiger charge is -2.09. The van der Waals surface area contributed by atoms with Gasteiger partial charge in [-0.1, -0.05) is 68.5 Å². The normalized spacial score (nSPS) is 11.0. The summed E-state index contributed by atoms with van der Waals surface area (Å²) in [5.74, 6) is 1.89. The molecule has 0 amide bonds. The van der Waals surface area contributed by atoms with E-state index in [-0.39, 0.29) is 0 Å². The SMILES string of the molecule is CN(C)c1ccc2nc(N)sc2n1.Cc1ccc(C)n1-c1nc2ccc(Cl)nc2s1.Cc1ccc(C)n1-c1nc2ccc(N(C)C)nc2s1.Nc1nc2ccc(Cl)nc2s1. The molecule has 60 heavy (non-hydrogen) atoms. The molecular weight excluding hydrogens is 876 g/mol. The Bertz CT molecular complexity index is 3050. The molecule has 14 nitrogen and oxygen atoms in total. The molecule has 0 fully saturated rings.